The highest BCUT2D eigenvalue weighted by atomic mass is 32.2. The number of nitrogens with zero attached hydrogens (tertiary/aromatic N) is 3. The van der Waals surface area contributed by atoms with Gasteiger partial charge in [-0.3, -0.25) is 4.72 Å². The van der Waals surface area contributed by atoms with Crippen molar-refractivity contribution in [1.29, 1.82) is 0 Å². The van der Waals surface area contributed by atoms with Gasteiger partial charge in [-0.25, -0.2) is 9.67 Å². The number of hydrogen-bond donors (Lipinski definition) is 2. The molecular formula is C12H11N5O2S. The summed E-state index contributed by atoms with van der Waals surface area (Å²) >= 11 is 0. The molecule has 3 aromatic rings. The van der Waals surface area contributed by atoms with Crippen molar-refractivity contribution in [3.05, 3.63) is 55.2 Å². The van der Waals surface area contributed by atoms with Crippen molar-refractivity contribution in [3.63, 3.8) is 0 Å². The average molecular weight is 289 g/mol. The average Bonchev–Trinajstić information content (AvgIpc) is 3.12. The summed E-state index contributed by atoms with van der Waals surface area (Å²) in [6.45, 7) is 0. The molecule has 0 atom stereocenters. The SMILES string of the molecule is O=S(=O)(Nc1cccc(-n2cccn2)c1)c1cnc[nH]1. The van der Waals surface area contributed by atoms with Crippen molar-refractivity contribution >= 4 is 15.7 Å². The van der Waals surface area contributed by atoms with E-state index in [9.17, 15) is 8.42 Å². The van der Waals surface area contributed by atoms with E-state index in [0.717, 1.165) is 5.69 Å². The third-order valence-corrected chi connectivity index (χ3v) is 3.94. The van der Waals surface area contributed by atoms with Crippen LogP contribution in [-0.2, 0) is 10.0 Å². The molecule has 0 aliphatic carbocycles. The molecule has 0 radical (unpaired) electrons. The normalized spacial score (nSPS) is 11.4. The molecule has 2 heterocycles. The second kappa shape index (κ2) is 4.82. The highest BCUT2D eigenvalue weighted by Gasteiger charge is 2.15. The number of aromatic nitrogens is 4. The molecule has 7 nitrogen and oxygen atoms in total. The predicted molar refractivity (Wildman–Crippen MR) is 73.0 cm³/mol. The second-order valence-electron chi connectivity index (χ2n) is 4.02. The Bertz CT molecular complexity index is 794. The van der Waals surface area contributed by atoms with Gasteiger partial charge in [0.2, 0.25) is 0 Å². The van der Waals surface area contributed by atoms with Gasteiger partial charge in [0, 0.05) is 12.4 Å². The summed E-state index contributed by atoms with van der Waals surface area (Å²) in [6, 6.07) is 8.74. The van der Waals surface area contributed by atoms with E-state index in [1.54, 1.807) is 41.3 Å². The van der Waals surface area contributed by atoms with E-state index in [1.807, 2.05) is 6.07 Å². The highest BCUT2D eigenvalue weighted by molar-refractivity contribution is 7.92. The van der Waals surface area contributed by atoms with Crippen LogP contribution in [0.5, 0.6) is 0 Å². The van der Waals surface area contributed by atoms with E-state index >= 15 is 0 Å². The number of hydrogen-bond acceptors (Lipinski definition) is 4. The van der Waals surface area contributed by atoms with Crippen LogP contribution >= 0.6 is 0 Å². The molecule has 0 saturated carbocycles. The quantitative estimate of drug-likeness (QED) is 0.759. The highest BCUT2D eigenvalue weighted by Crippen LogP contribution is 2.17. The Labute approximate surface area is 115 Å². The summed E-state index contributed by atoms with van der Waals surface area (Å²) in [5.41, 5.74) is 1.22. The van der Waals surface area contributed by atoms with Gasteiger partial charge >= 0.3 is 0 Å². The van der Waals surface area contributed by atoms with Crippen LogP contribution in [0.25, 0.3) is 5.69 Å². The Morgan fingerprint density at radius 1 is 1.25 bits per heavy atom. The lowest BCUT2D eigenvalue weighted by Crippen LogP contribution is -2.13. The van der Waals surface area contributed by atoms with E-state index in [2.05, 4.69) is 19.8 Å². The Kier molecular flexibility index (Phi) is 2.99. The van der Waals surface area contributed by atoms with Gasteiger partial charge in [-0.2, -0.15) is 13.5 Å². The molecule has 0 amide bonds. The molecular weight excluding hydrogens is 278 g/mol. The molecule has 0 saturated heterocycles. The first-order valence-electron chi connectivity index (χ1n) is 5.76. The Balaban J connectivity index is 1.91. The first-order valence-corrected chi connectivity index (χ1v) is 7.25. The molecule has 0 spiro atoms. The minimum absolute atomic E-state index is 0.0157. The molecule has 2 N–H and O–H groups in total. The van der Waals surface area contributed by atoms with Crippen LogP contribution in [-0.4, -0.2) is 28.2 Å². The third-order valence-electron chi connectivity index (χ3n) is 2.63. The van der Waals surface area contributed by atoms with Gasteiger partial charge in [0.1, 0.15) is 0 Å². The van der Waals surface area contributed by atoms with Crippen LogP contribution in [0.1, 0.15) is 0 Å². The molecule has 0 unspecified atom stereocenters. The Morgan fingerprint density at radius 2 is 2.15 bits per heavy atom. The maximum atomic E-state index is 12.1. The summed E-state index contributed by atoms with van der Waals surface area (Å²) in [7, 11) is -3.65. The van der Waals surface area contributed by atoms with Crippen molar-refractivity contribution in [2.75, 3.05) is 4.72 Å². The summed E-state index contributed by atoms with van der Waals surface area (Å²) in [4.78, 5) is 6.26. The number of imidazole rings is 1. The molecule has 0 aliphatic heterocycles. The zero-order valence-electron chi connectivity index (χ0n) is 10.3. The topological polar surface area (TPSA) is 92.7 Å². The minimum atomic E-state index is -3.65. The van der Waals surface area contributed by atoms with Crippen LogP contribution in [0.3, 0.4) is 0 Å². The fourth-order valence-electron chi connectivity index (χ4n) is 1.73. The minimum Gasteiger partial charge on any atom is -0.334 e. The second-order valence-corrected chi connectivity index (χ2v) is 5.67. The Hall–Kier alpha value is -2.61. The summed E-state index contributed by atoms with van der Waals surface area (Å²) in [5.74, 6) is 0. The van der Waals surface area contributed by atoms with Crippen molar-refractivity contribution in [3.8, 4) is 5.69 Å². The smallest absolute Gasteiger partial charge is 0.278 e. The largest absolute Gasteiger partial charge is 0.334 e. The first-order chi connectivity index (χ1) is 9.65. The van der Waals surface area contributed by atoms with Crippen molar-refractivity contribution in [2.24, 2.45) is 0 Å². The lowest BCUT2D eigenvalue weighted by atomic mass is 10.3. The van der Waals surface area contributed by atoms with Crippen LogP contribution in [0, 0.1) is 0 Å². The van der Waals surface area contributed by atoms with E-state index in [1.165, 1.54) is 12.5 Å². The number of nitrogens with one attached hydrogen (secondary N) is 2. The van der Waals surface area contributed by atoms with Gasteiger partial charge in [0.15, 0.2) is 5.03 Å². The molecule has 2 aromatic heterocycles. The van der Waals surface area contributed by atoms with Gasteiger partial charge in [0.05, 0.1) is 23.9 Å². The third kappa shape index (κ3) is 2.41. The summed E-state index contributed by atoms with van der Waals surface area (Å²) in [6.07, 6.45) is 6.00. The van der Waals surface area contributed by atoms with E-state index in [0.29, 0.717) is 5.69 Å². The fraction of sp³-hybridized carbons (Fsp3) is 0. The fourth-order valence-corrected chi connectivity index (χ4v) is 2.69. The Morgan fingerprint density at radius 3 is 2.85 bits per heavy atom. The number of benzene rings is 1. The lowest BCUT2D eigenvalue weighted by Gasteiger charge is -2.08. The van der Waals surface area contributed by atoms with Crippen molar-refractivity contribution in [1.82, 2.24) is 19.7 Å². The molecule has 102 valence electrons. The van der Waals surface area contributed by atoms with E-state index < -0.39 is 10.0 Å². The molecule has 0 bridgehead atoms. The monoisotopic (exact) mass is 289 g/mol. The van der Waals surface area contributed by atoms with Gasteiger partial charge in [0.25, 0.3) is 10.0 Å². The summed E-state index contributed by atoms with van der Waals surface area (Å²) in [5, 5.41) is 4.11. The number of rotatable bonds is 4. The van der Waals surface area contributed by atoms with Gasteiger partial charge in [-0.15, -0.1) is 0 Å². The number of aromatic amines is 1. The summed E-state index contributed by atoms with van der Waals surface area (Å²) < 4.78 is 28.2. The van der Waals surface area contributed by atoms with Crippen molar-refractivity contribution < 1.29 is 8.42 Å². The lowest BCUT2D eigenvalue weighted by molar-refractivity contribution is 0.598. The van der Waals surface area contributed by atoms with Crippen LogP contribution in [0.4, 0.5) is 5.69 Å². The van der Waals surface area contributed by atoms with Gasteiger partial charge in [-0.05, 0) is 24.3 Å². The van der Waals surface area contributed by atoms with E-state index in [-0.39, 0.29) is 5.03 Å². The number of anilines is 1. The molecule has 1 aromatic carbocycles. The maximum Gasteiger partial charge on any atom is 0.278 e. The van der Waals surface area contributed by atoms with E-state index in [4.69, 9.17) is 0 Å². The zero-order chi connectivity index (χ0) is 14.0. The molecule has 3 rings (SSSR count). The van der Waals surface area contributed by atoms with Crippen LogP contribution < -0.4 is 4.72 Å². The maximum absolute atomic E-state index is 12.1. The predicted octanol–water partition coefficient (Wildman–Crippen LogP) is 1.40. The number of sulfonamides is 1. The standard InChI is InChI=1S/C12H11N5O2S/c18-20(19,12-8-13-9-14-12)16-10-3-1-4-11(7-10)17-6-2-5-15-17/h1-9,16H,(H,13,14). The molecule has 20 heavy (non-hydrogen) atoms. The first kappa shape index (κ1) is 12.4. The van der Waals surface area contributed by atoms with Crippen LogP contribution in [0.2, 0.25) is 0 Å². The molecule has 8 heteroatoms. The number of H-pyrrole nitrogens is 1. The van der Waals surface area contributed by atoms with Gasteiger partial charge in [-0.1, -0.05) is 6.07 Å². The zero-order valence-corrected chi connectivity index (χ0v) is 11.1. The van der Waals surface area contributed by atoms with Crippen LogP contribution in [0.15, 0.2) is 60.3 Å². The van der Waals surface area contributed by atoms with Crippen molar-refractivity contribution in [2.45, 2.75) is 5.03 Å². The van der Waals surface area contributed by atoms with Gasteiger partial charge < -0.3 is 4.98 Å². The molecule has 0 fully saturated rings. The molecule has 0 aliphatic rings.